The second kappa shape index (κ2) is 7.96. The Bertz CT molecular complexity index is 1420. The number of pyridine rings is 2. The molecule has 0 unspecified atom stereocenters. The Hall–Kier alpha value is -3.80. The van der Waals surface area contributed by atoms with Crippen molar-refractivity contribution >= 4 is 22.4 Å². The molecule has 0 saturated carbocycles. The normalized spacial score (nSPS) is 18.8. The highest BCUT2D eigenvalue weighted by Crippen LogP contribution is 2.32. The molecule has 6 rings (SSSR count). The van der Waals surface area contributed by atoms with E-state index in [9.17, 15) is 0 Å². The monoisotopic (exact) mass is 434 g/mol. The largest absolute Gasteiger partial charge is 0.351 e. The van der Waals surface area contributed by atoms with Gasteiger partial charge in [-0.2, -0.15) is 5.10 Å². The molecular formula is C27H26N6. The first-order valence-electron chi connectivity index (χ1n) is 11.6. The smallest absolute Gasteiger partial charge is 0.162 e. The summed E-state index contributed by atoms with van der Waals surface area (Å²) in [6.45, 7) is 4.59. The molecule has 0 aliphatic carbocycles. The third-order valence-corrected chi connectivity index (χ3v) is 6.83. The molecule has 4 aromatic heterocycles. The summed E-state index contributed by atoms with van der Waals surface area (Å²) in [7, 11) is 0. The van der Waals surface area contributed by atoms with Gasteiger partial charge in [0.2, 0.25) is 0 Å². The lowest BCUT2D eigenvalue weighted by Gasteiger charge is -2.40. The summed E-state index contributed by atoms with van der Waals surface area (Å²) in [5.74, 6) is 1.05. The van der Waals surface area contributed by atoms with Crippen LogP contribution in [0.15, 0.2) is 73.4 Å². The van der Waals surface area contributed by atoms with Crippen LogP contribution in [0.1, 0.15) is 33.1 Å². The van der Waals surface area contributed by atoms with Gasteiger partial charge in [-0.05, 0) is 62.9 Å². The van der Waals surface area contributed by atoms with Gasteiger partial charge in [-0.3, -0.25) is 4.98 Å². The van der Waals surface area contributed by atoms with Crippen LogP contribution in [0.5, 0.6) is 0 Å². The summed E-state index contributed by atoms with van der Waals surface area (Å²) in [6, 6.07) is 15.5. The van der Waals surface area contributed by atoms with E-state index in [1.807, 2.05) is 53.7 Å². The van der Waals surface area contributed by atoms with E-state index in [1.165, 1.54) is 19.3 Å². The van der Waals surface area contributed by atoms with Crippen molar-refractivity contribution in [2.75, 3.05) is 4.90 Å². The number of hydrogen-bond donors (Lipinski definition) is 0. The first-order chi connectivity index (χ1) is 16.2. The van der Waals surface area contributed by atoms with Gasteiger partial charge in [0.25, 0.3) is 0 Å². The molecule has 164 valence electrons. The topological polar surface area (TPSA) is 59.2 Å². The van der Waals surface area contributed by atoms with Gasteiger partial charge in [-0.15, -0.1) is 0 Å². The Morgan fingerprint density at radius 3 is 2.45 bits per heavy atom. The molecule has 0 spiro atoms. The molecule has 0 bridgehead atoms. The number of aromatic nitrogens is 5. The van der Waals surface area contributed by atoms with Crippen LogP contribution in [-0.4, -0.2) is 36.6 Å². The number of fused-ring (bicyclic) bond motifs is 2. The molecule has 1 aliphatic heterocycles. The average Bonchev–Trinajstić information content (AvgIpc) is 3.27. The summed E-state index contributed by atoms with van der Waals surface area (Å²) < 4.78 is 1.85. The molecular weight excluding hydrogens is 408 g/mol. The van der Waals surface area contributed by atoms with Gasteiger partial charge in [0, 0.05) is 58.9 Å². The average molecular weight is 435 g/mol. The third-order valence-electron chi connectivity index (χ3n) is 6.83. The van der Waals surface area contributed by atoms with Crippen molar-refractivity contribution in [2.24, 2.45) is 0 Å². The minimum atomic E-state index is 0.525. The predicted molar refractivity (Wildman–Crippen MR) is 132 cm³/mol. The van der Waals surface area contributed by atoms with Gasteiger partial charge >= 0.3 is 0 Å². The van der Waals surface area contributed by atoms with Gasteiger partial charge in [0.05, 0.1) is 11.7 Å². The number of hydrogen-bond acceptors (Lipinski definition) is 5. The van der Waals surface area contributed by atoms with Crippen molar-refractivity contribution in [3.63, 3.8) is 0 Å². The Morgan fingerprint density at radius 2 is 1.64 bits per heavy atom. The lowest BCUT2D eigenvalue weighted by atomic mass is 9.97. The molecule has 5 aromatic rings. The fourth-order valence-electron chi connectivity index (χ4n) is 5.13. The highest BCUT2D eigenvalue weighted by Gasteiger charge is 2.25. The molecule has 0 N–H and O–H groups in total. The van der Waals surface area contributed by atoms with Crippen LogP contribution in [0.3, 0.4) is 0 Å². The molecule has 6 nitrogen and oxygen atoms in total. The van der Waals surface area contributed by atoms with E-state index in [4.69, 9.17) is 9.97 Å². The molecule has 1 aliphatic rings. The molecule has 5 heterocycles. The third kappa shape index (κ3) is 3.42. The lowest BCUT2D eigenvalue weighted by Crippen LogP contribution is -2.44. The Morgan fingerprint density at radius 1 is 0.788 bits per heavy atom. The van der Waals surface area contributed by atoms with Crippen LogP contribution in [0.2, 0.25) is 0 Å². The zero-order valence-electron chi connectivity index (χ0n) is 18.9. The van der Waals surface area contributed by atoms with Crippen LogP contribution >= 0.6 is 0 Å². The highest BCUT2D eigenvalue weighted by atomic mass is 15.2. The van der Waals surface area contributed by atoms with Crippen molar-refractivity contribution < 1.29 is 0 Å². The van der Waals surface area contributed by atoms with Crippen molar-refractivity contribution in [1.82, 2.24) is 24.6 Å². The predicted octanol–water partition coefficient (Wildman–Crippen LogP) is 5.77. The van der Waals surface area contributed by atoms with Gasteiger partial charge in [-0.1, -0.05) is 18.2 Å². The number of rotatable bonds is 3. The van der Waals surface area contributed by atoms with E-state index >= 15 is 0 Å². The van der Waals surface area contributed by atoms with Crippen LogP contribution in [0.25, 0.3) is 38.8 Å². The fraction of sp³-hybridized carbons (Fsp3) is 0.259. The SMILES string of the molecule is C[C@@H]1CCC[C@H](C)N1c1ccc(-c2cnc3c(-c4cccc5ncccc45)cnn3c2)cn1. The lowest BCUT2D eigenvalue weighted by molar-refractivity contribution is 0.411. The molecule has 1 fully saturated rings. The van der Waals surface area contributed by atoms with E-state index < -0.39 is 0 Å². The maximum atomic E-state index is 4.81. The standard InChI is InChI=1S/C27H26N6/c1-18-6-3-7-19(2)33(18)26-12-11-20(14-29-26)21-15-30-27-24(16-31-32(27)17-21)22-8-4-10-25-23(22)9-5-13-28-25/h4-5,8-19H,3,6-7H2,1-2H3/t18-,19+. The quantitative estimate of drug-likeness (QED) is 0.361. The van der Waals surface area contributed by atoms with Gasteiger partial charge in [0.15, 0.2) is 5.65 Å². The zero-order chi connectivity index (χ0) is 22.4. The van der Waals surface area contributed by atoms with Gasteiger partial charge in [0.1, 0.15) is 5.82 Å². The fourth-order valence-corrected chi connectivity index (χ4v) is 5.13. The highest BCUT2D eigenvalue weighted by molar-refractivity contribution is 5.97. The maximum Gasteiger partial charge on any atom is 0.162 e. The summed E-state index contributed by atoms with van der Waals surface area (Å²) >= 11 is 0. The zero-order valence-corrected chi connectivity index (χ0v) is 18.9. The molecule has 1 aromatic carbocycles. The van der Waals surface area contributed by atoms with Crippen molar-refractivity contribution in [3.8, 4) is 22.3 Å². The van der Waals surface area contributed by atoms with Crippen molar-refractivity contribution in [2.45, 2.75) is 45.2 Å². The van der Waals surface area contributed by atoms with E-state index in [0.29, 0.717) is 12.1 Å². The minimum Gasteiger partial charge on any atom is -0.351 e. The van der Waals surface area contributed by atoms with Crippen LogP contribution in [0.4, 0.5) is 5.82 Å². The molecule has 2 atom stereocenters. The van der Waals surface area contributed by atoms with E-state index in [2.05, 4.69) is 53.1 Å². The number of anilines is 1. The number of piperidine rings is 1. The second-order valence-corrected chi connectivity index (χ2v) is 8.99. The Balaban J connectivity index is 1.35. The Kier molecular flexibility index (Phi) is 4.79. The molecule has 33 heavy (non-hydrogen) atoms. The second-order valence-electron chi connectivity index (χ2n) is 8.99. The van der Waals surface area contributed by atoms with Crippen molar-refractivity contribution in [1.29, 1.82) is 0 Å². The summed E-state index contributed by atoms with van der Waals surface area (Å²) in [6.07, 6.45) is 13.3. The van der Waals surface area contributed by atoms with Crippen LogP contribution in [0, 0.1) is 0 Å². The van der Waals surface area contributed by atoms with Crippen LogP contribution < -0.4 is 4.90 Å². The first-order valence-corrected chi connectivity index (χ1v) is 11.6. The number of benzene rings is 1. The molecule has 1 saturated heterocycles. The minimum absolute atomic E-state index is 0.525. The number of nitrogens with zero attached hydrogens (tertiary/aromatic N) is 6. The molecule has 6 heteroatoms. The Labute approximate surface area is 193 Å². The van der Waals surface area contributed by atoms with E-state index in [1.54, 1.807) is 0 Å². The summed E-state index contributed by atoms with van der Waals surface area (Å²) in [5, 5.41) is 5.70. The first kappa shape index (κ1) is 19.9. The van der Waals surface area contributed by atoms with E-state index in [-0.39, 0.29) is 0 Å². The van der Waals surface area contributed by atoms with Gasteiger partial charge in [-0.25, -0.2) is 14.5 Å². The molecule has 0 amide bonds. The van der Waals surface area contributed by atoms with Crippen molar-refractivity contribution in [3.05, 3.63) is 73.4 Å². The maximum absolute atomic E-state index is 4.81. The molecule has 0 radical (unpaired) electrons. The summed E-state index contributed by atoms with van der Waals surface area (Å²) in [5.41, 5.74) is 5.92. The van der Waals surface area contributed by atoms with Gasteiger partial charge < -0.3 is 4.90 Å². The van der Waals surface area contributed by atoms with E-state index in [0.717, 1.165) is 44.6 Å². The van der Waals surface area contributed by atoms with Crippen LogP contribution in [-0.2, 0) is 0 Å². The summed E-state index contributed by atoms with van der Waals surface area (Å²) in [4.78, 5) is 16.5.